The van der Waals surface area contributed by atoms with Crippen LogP contribution < -0.4 is 0 Å². The van der Waals surface area contributed by atoms with Gasteiger partial charge in [-0.15, -0.1) is 0 Å². The molecule has 1 fully saturated rings. The Labute approximate surface area is 215 Å². The predicted octanol–water partition coefficient (Wildman–Crippen LogP) is 6.08. The van der Waals surface area contributed by atoms with Crippen molar-refractivity contribution in [2.45, 2.75) is 65.0 Å². The second-order valence-electron chi connectivity index (χ2n) is 11.5. The molecule has 1 spiro atoms. The third-order valence-corrected chi connectivity index (χ3v) is 8.62. The minimum absolute atomic E-state index is 0.0109. The predicted molar refractivity (Wildman–Crippen MR) is 137 cm³/mol. The van der Waals surface area contributed by atoms with Crippen molar-refractivity contribution in [3.8, 4) is 5.75 Å². The Bertz CT molecular complexity index is 1510. The molecule has 6 nitrogen and oxygen atoms in total. The molecule has 0 bridgehead atoms. The molecule has 2 aliphatic carbocycles. The molecule has 0 amide bonds. The first-order valence-electron chi connectivity index (χ1n) is 12.7. The zero-order valence-electron chi connectivity index (χ0n) is 21.7. The number of halogens is 1. The highest BCUT2D eigenvalue weighted by Gasteiger charge is 2.59. The van der Waals surface area contributed by atoms with Crippen LogP contribution in [0.1, 0.15) is 82.6 Å². The lowest BCUT2D eigenvalue weighted by Gasteiger charge is -2.54. The smallest absolute Gasteiger partial charge is 0.339 e. The van der Waals surface area contributed by atoms with Gasteiger partial charge in [0.05, 0.1) is 29.6 Å². The van der Waals surface area contributed by atoms with Crippen LogP contribution in [0.15, 0.2) is 42.0 Å². The molecule has 0 saturated heterocycles. The molecule has 2 N–H and O–H groups in total. The Morgan fingerprint density at radius 2 is 1.89 bits per heavy atom. The van der Waals surface area contributed by atoms with Gasteiger partial charge in [0.2, 0.25) is 0 Å². The number of phenolic OH excluding ortho intramolecular Hbond substituents is 1. The summed E-state index contributed by atoms with van der Waals surface area (Å²) in [5.41, 5.74) is 6.14. The van der Waals surface area contributed by atoms with Crippen LogP contribution in [-0.2, 0) is 4.74 Å². The SMILES string of the molecule is Cc1cc(C2C3=C(c4c(O)cccc42)C2(CC(n4nc(C)c(C(=O)O)c4C)C2)OCC3(C)C)ccc1F. The van der Waals surface area contributed by atoms with Gasteiger partial charge >= 0.3 is 5.97 Å². The van der Waals surface area contributed by atoms with Crippen LogP contribution in [0.3, 0.4) is 0 Å². The molecule has 3 aromatic rings. The lowest BCUT2D eigenvalue weighted by Crippen LogP contribution is -2.53. The number of aromatic carboxylic acids is 1. The molecule has 1 aliphatic heterocycles. The maximum absolute atomic E-state index is 14.2. The van der Waals surface area contributed by atoms with E-state index in [9.17, 15) is 19.4 Å². The van der Waals surface area contributed by atoms with E-state index in [1.165, 1.54) is 11.6 Å². The fraction of sp³-hybridized carbons (Fsp3) is 0.400. The van der Waals surface area contributed by atoms with E-state index < -0.39 is 11.6 Å². The molecule has 1 saturated carbocycles. The van der Waals surface area contributed by atoms with Gasteiger partial charge in [0.15, 0.2) is 0 Å². The summed E-state index contributed by atoms with van der Waals surface area (Å²) < 4.78 is 22.7. The van der Waals surface area contributed by atoms with Crippen molar-refractivity contribution >= 4 is 11.5 Å². The largest absolute Gasteiger partial charge is 0.507 e. The average molecular weight is 503 g/mol. The van der Waals surface area contributed by atoms with Crippen LogP contribution in [0, 0.1) is 32.0 Å². The monoisotopic (exact) mass is 502 g/mol. The maximum Gasteiger partial charge on any atom is 0.339 e. The molecule has 1 aromatic heterocycles. The number of hydrogen-bond donors (Lipinski definition) is 2. The number of hydrogen-bond acceptors (Lipinski definition) is 4. The number of carbonyl (C=O) groups is 1. The van der Waals surface area contributed by atoms with Gasteiger partial charge in [-0.2, -0.15) is 5.10 Å². The first-order valence-corrected chi connectivity index (χ1v) is 12.7. The average Bonchev–Trinajstić information content (AvgIpc) is 3.31. The number of fused-ring (bicyclic) bond motifs is 3. The number of benzene rings is 2. The van der Waals surface area contributed by atoms with Gasteiger partial charge < -0.3 is 14.9 Å². The summed E-state index contributed by atoms with van der Waals surface area (Å²) >= 11 is 0. The van der Waals surface area contributed by atoms with Crippen molar-refractivity contribution < 1.29 is 24.1 Å². The van der Waals surface area contributed by atoms with Crippen molar-refractivity contribution in [2.75, 3.05) is 6.61 Å². The summed E-state index contributed by atoms with van der Waals surface area (Å²) in [7, 11) is 0. The van der Waals surface area contributed by atoms with E-state index in [4.69, 9.17) is 4.74 Å². The van der Waals surface area contributed by atoms with Crippen LogP contribution in [0.25, 0.3) is 5.57 Å². The normalized spacial score (nSPS) is 25.7. The number of aromatic hydroxyl groups is 1. The van der Waals surface area contributed by atoms with E-state index in [2.05, 4.69) is 25.0 Å². The summed E-state index contributed by atoms with van der Waals surface area (Å²) in [5.74, 6) is -1.10. The third kappa shape index (κ3) is 3.26. The molecule has 3 aliphatic rings. The zero-order valence-corrected chi connectivity index (χ0v) is 21.7. The molecule has 6 rings (SSSR count). The topological polar surface area (TPSA) is 84.6 Å². The molecule has 192 valence electrons. The number of ether oxygens (including phenoxy) is 1. The standard InChI is InChI=1S/C30H31FN2O4/c1-15-11-18(9-10-21(15)31)24-20-7-6-8-22(34)25(20)27-26(24)29(4,5)14-37-30(27)12-19(13-30)33-17(3)23(28(35)36)16(2)32-33/h6-11,19,24,34H,12-14H2,1-5H3,(H,35,36). The van der Waals surface area contributed by atoms with Gasteiger partial charge in [-0.25, -0.2) is 9.18 Å². The third-order valence-electron chi connectivity index (χ3n) is 8.62. The minimum Gasteiger partial charge on any atom is -0.507 e. The van der Waals surface area contributed by atoms with Crippen LogP contribution in [-0.4, -0.2) is 38.2 Å². The fourth-order valence-electron chi connectivity index (χ4n) is 6.89. The second-order valence-corrected chi connectivity index (χ2v) is 11.5. The van der Waals surface area contributed by atoms with Gasteiger partial charge in [-0.3, -0.25) is 4.68 Å². The highest BCUT2D eigenvalue weighted by Crippen LogP contribution is 2.65. The molecule has 0 radical (unpaired) electrons. The van der Waals surface area contributed by atoms with Crippen LogP contribution in [0.5, 0.6) is 5.75 Å². The summed E-state index contributed by atoms with van der Waals surface area (Å²) in [5, 5.41) is 25.4. The lowest BCUT2D eigenvalue weighted by atomic mass is 9.63. The highest BCUT2D eigenvalue weighted by atomic mass is 19.1. The lowest BCUT2D eigenvalue weighted by molar-refractivity contribution is -0.112. The number of nitrogens with zero attached hydrogens (tertiary/aromatic N) is 2. The van der Waals surface area contributed by atoms with Gasteiger partial charge in [-0.1, -0.05) is 38.1 Å². The quantitative estimate of drug-likeness (QED) is 0.453. The summed E-state index contributed by atoms with van der Waals surface area (Å²) in [6, 6.07) is 10.9. The number of carboxylic acids is 1. The summed E-state index contributed by atoms with van der Waals surface area (Å²) in [4.78, 5) is 11.8. The first-order chi connectivity index (χ1) is 17.4. The number of aromatic nitrogens is 2. The number of carboxylic acid groups (broad SMARTS) is 1. The number of rotatable bonds is 3. The van der Waals surface area contributed by atoms with Gasteiger partial charge in [0.1, 0.15) is 17.1 Å². The van der Waals surface area contributed by atoms with E-state index in [1.807, 2.05) is 22.9 Å². The van der Waals surface area contributed by atoms with E-state index >= 15 is 0 Å². The molecule has 2 heterocycles. The Morgan fingerprint density at radius 3 is 2.54 bits per heavy atom. The molecule has 37 heavy (non-hydrogen) atoms. The van der Waals surface area contributed by atoms with Crippen molar-refractivity contribution in [3.63, 3.8) is 0 Å². The van der Waals surface area contributed by atoms with Crippen LogP contribution >= 0.6 is 0 Å². The molecule has 1 atom stereocenters. The molecule has 2 aromatic carbocycles. The number of phenols is 1. The van der Waals surface area contributed by atoms with Crippen molar-refractivity contribution in [2.24, 2.45) is 5.41 Å². The van der Waals surface area contributed by atoms with E-state index in [1.54, 1.807) is 26.8 Å². The van der Waals surface area contributed by atoms with Crippen LogP contribution in [0.4, 0.5) is 4.39 Å². The Morgan fingerprint density at radius 1 is 1.16 bits per heavy atom. The van der Waals surface area contributed by atoms with Crippen LogP contribution in [0.2, 0.25) is 0 Å². The van der Waals surface area contributed by atoms with E-state index in [0.717, 1.165) is 22.3 Å². The number of aryl methyl sites for hydroxylation is 2. The molecular formula is C30H31FN2O4. The fourth-order valence-corrected chi connectivity index (χ4v) is 6.89. The molecular weight excluding hydrogens is 471 g/mol. The van der Waals surface area contributed by atoms with Crippen molar-refractivity contribution in [1.82, 2.24) is 9.78 Å². The van der Waals surface area contributed by atoms with E-state index in [-0.39, 0.29) is 34.5 Å². The van der Waals surface area contributed by atoms with Gasteiger partial charge in [0.25, 0.3) is 0 Å². The first kappa shape index (κ1) is 23.9. The Kier molecular flexibility index (Phi) is 5.03. The van der Waals surface area contributed by atoms with E-state index in [0.29, 0.717) is 36.4 Å². The summed E-state index contributed by atoms with van der Waals surface area (Å²) in [6.07, 6.45) is 1.26. The van der Waals surface area contributed by atoms with Crippen molar-refractivity contribution in [1.29, 1.82) is 0 Å². The van der Waals surface area contributed by atoms with Crippen molar-refractivity contribution in [3.05, 3.63) is 87.0 Å². The van der Waals surface area contributed by atoms with Gasteiger partial charge in [-0.05, 0) is 60.7 Å². The molecule has 7 heteroatoms. The molecule has 1 unspecified atom stereocenters. The highest BCUT2D eigenvalue weighted by molar-refractivity contribution is 5.91. The Balaban J connectivity index is 1.50. The minimum atomic E-state index is -0.969. The van der Waals surface area contributed by atoms with Gasteiger partial charge in [0, 0.05) is 29.7 Å². The second kappa shape index (κ2) is 7.78. The Hall–Kier alpha value is -3.45. The summed E-state index contributed by atoms with van der Waals surface area (Å²) in [6.45, 7) is 10.1. The maximum atomic E-state index is 14.2. The zero-order chi connectivity index (χ0) is 26.4.